The Morgan fingerprint density at radius 3 is 1.64 bits per heavy atom. The maximum Gasteiger partial charge on any atom is 0.195 e. The first-order valence-corrected chi connectivity index (χ1v) is 15.0. The molecule has 0 N–H and O–H groups in total. The molecule has 0 bridgehead atoms. The molecule has 0 atom stereocenters. The van der Waals surface area contributed by atoms with Gasteiger partial charge in [0.25, 0.3) is 0 Å². The third-order valence-electron chi connectivity index (χ3n) is 6.33. The number of aryl methyl sites for hydroxylation is 2. The summed E-state index contributed by atoms with van der Waals surface area (Å²) in [6.07, 6.45) is 0. The van der Waals surface area contributed by atoms with Gasteiger partial charge in [-0.3, -0.25) is 4.79 Å². The number of rotatable bonds is 4. The number of carbonyl (C=O) groups is 1. The van der Waals surface area contributed by atoms with Gasteiger partial charge >= 0.3 is 0 Å². The van der Waals surface area contributed by atoms with Crippen molar-refractivity contribution < 1.29 is 4.79 Å². The van der Waals surface area contributed by atoms with Crippen molar-refractivity contribution in [3.63, 3.8) is 0 Å². The van der Waals surface area contributed by atoms with Gasteiger partial charge in [0.1, 0.15) is 0 Å². The zero-order valence-electron chi connectivity index (χ0n) is 20.0. The molecule has 0 fully saturated rings. The van der Waals surface area contributed by atoms with E-state index in [1.54, 1.807) is 0 Å². The Hall–Kier alpha value is -3.33. The highest BCUT2D eigenvalue weighted by Gasteiger charge is 2.35. The van der Waals surface area contributed by atoms with Crippen LogP contribution >= 0.6 is 30.1 Å². The molecule has 0 radical (unpaired) electrons. The number of Topliss-reactive ketones (excluding diaryl/α,β-unsaturated/α-hetero) is 1. The second-order valence-electron chi connectivity index (χ2n) is 8.81. The maximum absolute atomic E-state index is 14.4. The molecule has 5 rings (SSSR count). The Morgan fingerprint density at radius 1 is 0.583 bits per heavy atom. The summed E-state index contributed by atoms with van der Waals surface area (Å²) in [5, 5.41) is 3.08. The van der Waals surface area contributed by atoms with Gasteiger partial charge in [-0.05, 0) is 62.4 Å². The van der Waals surface area contributed by atoms with Crippen LogP contribution in [-0.4, -0.2) is 5.78 Å². The fourth-order valence-electron chi connectivity index (χ4n) is 4.61. The minimum absolute atomic E-state index is 0.0517. The fourth-order valence-corrected chi connectivity index (χ4v) is 5.09. The average Bonchev–Trinajstić information content (AvgIpc) is 3.22. The quantitative estimate of drug-likeness (QED) is 0.174. The van der Waals surface area contributed by atoms with E-state index in [2.05, 4.69) is 119 Å². The summed E-state index contributed by atoms with van der Waals surface area (Å²) in [6, 6.07) is 35.0. The van der Waals surface area contributed by atoms with Crippen molar-refractivity contribution in [1.29, 1.82) is 0 Å². The van der Waals surface area contributed by atoms with Crippen LogP contribution < -0.4 is 0 Å². The molecule has 4 aromatic carbocycles. The van der Waals surface area contributed by atoms with Gasteiger partial charge in [-0.1, -0.05) is 108 Å². The van der Waals surface area contributed by atoms with Crippen LogP contribution in [0.4, 0.5) is 0 Å². The first kappa shape index (κ1) is 24.4. The van der Waals surface area contributed by atoms with E-state index in [0.29, 0.717) is 0 Å². The predicted octanol–water partition coefficient (Wildman–Crippen LogP) is 8.80. The number of halogens is 1. The summed E-state index contributed by atoms with van der Waals surface area (Å²) in [5.41, 5.74) is 10.5. The Balaban J connectivity index is 1.85. The lowest BCUT2D eigenvalue weighted by Crippen LogP contribution is -2.02. The Kier molecular flexibility index (Phi) is 7.27. The molecule has 0 aliphatic heterocycles. The number of carbonyl (C=O) groups excluding carboxylic acids is 1. The van der Waals surface area contributed by atoms with E-state index in [4.69, 9.17) is 0 Å². The summed E-state index contributed by atoms with van der Waals surface area (Å²) in [4.78, 5) is 14.4. The Morgan fingerprint density at radius 2 is 1.08 bits per heavy atom. The summed E-state index contributed by atoms with van der Waals surface area (Å²) in [7, 11) is 1.46. The first-order valence-electron chi connectivity index (χ1n) is 11.7. The predicted molar refractivity (Wildman–Crippen MR) is 162 cm³/mol. The number of benzene rings is 4. The van der Waals surface area contributed by atoms with Gasteiger partial charge in [0, 0.05) is 49.1 Å². The monoisotopic (exact) mass is 594 g/mol. The SMILES string of the molecule is Cc1ccc(C2=C(c3ccccc3)C(c3cccc(C#CSI)c3)=C(c3ccc(C)cc3)C2=O)cc1. The molecule has 0 saturated heterocycles. The summed E-state index contributed by atoms with van der Waals surface area (Å²) >= 11 is 2.18. The highest BCUT2D eigenvalue weighted by molar-refractivity contribution is 14.2. The van der Waals surface area contributed by atoms with E-state index in [-0.39, 0.29) is 5.78 Å². The molecule has 0 saturated carbocycles. The molecule has 4 aromatic rings. The van der Waals surface area contributed by atoms with Crippen LogP contribution in [0.15, 0.2) is 103 Å². The molecular weight excluding hydrogens is 571 g/mol. The van der Waals surface area contributed by atoms with Crippen molar-refractivity contribution in [3.8, 4) is 11.2 Å². The van der Waals surface area contributed by atoms with Crippen molar-refractivity contribution in [3.05, 3.63) is 142 Å². The number of hydrogen-bond acceptors (Lipinski definition) is 2. The van der Waals surface area contributed by atoms with Crippen molar-refractivity contribution in [2.45, 2.75) is 13.8 Å². The first-order chi connectivity index (χ1) is 17.6. The molecule has 36 heavy (non-hydrogen) atoms. The zero-order chi connectivity index (χ0) is 25.1. The molecule has 3 heteroatoms. The van der Waals surface area contributed by atoms with E-state index >= 15 is 0 Å². The van der Waals surface area contributed by atoms with Crippen molar-refractivity contribution in [2.75, 3.05) is 0 Å². The largest absolute Gasteiger partial charge is 0.289 e. The molecule has 1 nitrogen and oxygen atoms in total. The van der Waals surface area contributed by atoms with Crippen LogP contribution in [0.3, 0.4) is 0 Å². The molecule has 0 amide bonds. The third kappa shape index (κ3) is 4.84. The van der Waals surface area contributed by atoms with E-state index in [0.717, 1.165) is 61.2 Å². The molecule has 1 aliphatic rings. The van der Waals surface area contributed by atoms with Crippen LogP contribution in [0.25, 0.3) is 22.3 Å². The van der Waals surface area contributed by atoms with Crippen LogP contribution in [-0.2, 0) is 4.79 Å². The summed E-state index contributed by atoms with van der Waals surface area (Å²) in [5.74, 6) is 3.27. The highest BCUT2D eigenvalue weighted by Crippen LogP contribution is 2.49. The lowest BCUT2D eigenvalue weighted by molar-refractivity contribution is -0.108. The molecule has 0 heterocycles. The third-order valence-corrected chi connectivity index (χ3v) is 7.17. The minimum atomic E-state index is 0.0517. The summed E-state index contributed by atoms with van der Waals surface area (Å²) < 4.78 is 0. The van der Waals surface area contributed by atoms with Crippen LogP contribution in [0.1, 0.15) is 38.9 Å². The van der Waals surface area contributed by atoms with Gasteiger partial charge in [-0.15, -0.1) is 0 Å². The fraction of sp³-hybridized carbons (Fsp3) is 0.0606. The van der Waals surface area contributed by atoms with E-state index in [1.165, 1.54) is 8.93 Å². The minimum Gasteiger partial charge on any atom is -0.289 e. The molecule has 174 valence electrons. The smallest absolute Gasteiger partial charge is 0.195 e. The molecule has 0 unspecified atom stereocenters. The van der Waals surface area contributed by atoms with Gasteiger partial charge in [0.05, 0.1) is 0 Å². The Bertz CT molecular complexity index is 1570. The van der Waals surface area contributed by atoms with Crippen molar-refractivity contribution >= 4 is 58.2 Å². The number of allylic oxidation sites excluding steroid dienone is 4. The lowest BCUT2D eigenvalue weighted by atomic mass is 9.88. The Labute approximate surface area is 228 Å². The molecule has 0 spiro atoms. The van der Waals surface area contributed by atoms with Crippen LogP contribution in [0.5, 0.6) is 0 Å². The number of ketones is 1. The van der Waals surface area contributed by atoms with Crippen molar-refractivity contribution in [2.24, 2.45) is 0 Å². The highest BCUT2D eigenvalue weighted by atomic mass is 127. The standard InChI is InChI=1S/C33H23IOS/c1-22-11-15-26(16-12-22)31-29(25-8-4-3-5-9-25)30(28-10-6-7-24(21-28)19-20-36-34)32(33(31)35)27-17-13-23(2)14-18-27/h3-18,21H,1-2H3. The molecule has 1 aliphatic carbocycles. The lowest BCUT2D eigenvalue weighted by Gasteiger charge is -2.14. The zero-order valence-corrected chi connectivity index (χ0v) is 23.0. The van der Waals surface area contributed by atoms with E-state index in [9.17, 15) is 4.79 Å². The topological polar surface area (TPSA) is 17.1 Å². The van der Waals surface area contributed by atoms with E-state index < -0.39 is 0 Å². The molecule has 0 aromatic heterocycles. The van der Waals surface area contributed by atoms with Gasteiger partial charge in [-0.25, -0.2) is 0 Å². The second-order valence-corrected chi connectivity index (χ2v) is 10.5. The summed E-state index contributed by atoms with van der Waals surface area (Å²) in [6.45, 7) is 4.13. The van der Waals surface area contributed by atoms with Crippen LogP contribution in [0.2, 0.25) is 0 Å². The van der Waals surface area contributed by atoms with Gasteiger partial charge in [-0.2, -0.15) is 0 Å². The molecular formula is C33H23IOS. The number of hydrogen-bond donors (Lipinski definition) is 0. The second kappa shape index (κ2) is 10.7. The van der Waals surface area contributed by atoms with Gasteiger partial charge in [0.2, 0.25) is 0 Å². The maximum atomic E-state index is 14.4. The van der Waals surface area contributed by atoms with Crippen LogP contribution in [0, 0.1) is 25.0 Å². The van der Waals surface area contributed by atoms with E-state index in [1.807, 2.05) is 30.3 Å². The van der Waals surface area contributed by atoms with Crippen molar-refractivity contribution in [1.82, 2.24) is 0 Å². The van der Waals surface area contributed by atoms with Gasteiger partial charge < -0.3 is 0 Å². The normalized spacial score (nSPS) is 13.1. The van der Waals surface area contributed by atoms with Gasteiger partial charge in [0.15, 0.2) is 5.78 Å². The average molecular weight is 595 g/mol.